The number of ether oxygens (including phenoxy) is 2. The third kappa shape index (κ3) is 3.24. The zero-order chi connectivity index (χ0) is 14.8. The van der Waals surface area contributed by atoms with Crippen LogP contribution >= 0.6 is 11.3 Å². The maximum Gasteiger partial charge on any atom is 0.263 e. The van der Waals surface area contributed by atoms with Gasteiger partial charge in [0, 0.05) is 25.1 Å². The number of methoxy groups -OCH3 is 1. The summed E-state index contributed by atoms with van der Waals surface area (Å²) in [6, 6.07) is 0.317. The van der Waals surface area contributed by atoms with Gasteiger partial charge in [0.05, 0.1) is 13.7 Å². The van der Waals surface area contributed by atoms with Crippen LogP contribution in [0.5, 0.6) is 5.75 Å². The van der Waals surface area contributed by atoms with Crippen molar-refractivity contribution in [2.45, 2.75) is 25.3 Å². The predicted octanol–water partition coefficient (Wildman–Crippen LogP) is 1.68. The number of carbonyl (C=O) groups is 1. The van der Waals surface area contributed by atoms with Gasteiger partial charge in [-0.05, 0) is 19.3 Å². The van der Waals surface area contributed by atoms with Gasteiger partial charge in [-0.2, -0.15) is 0 Å². The molecular weight excluding hydrogens is 290 g/mol. The number of nitrogens with two attached hydrogens (primary N) is 1. The van der Waals surface area contributed by atoms with Gasteiger partial charge in [-0.3, -0.25) is 4.79 Å². The molecule has 1 aromatic rings. The first-order chi connectivity index (χ1) is 10.2. The molecule has 0 spiro atoms. The average molecular weight is 311 g/mol. The summed E-state index contributed by atoms with van der Waals surface area (Å²) in [6.07, 6.45) is 3.17. The van der Waals surface area contributed by atoms with E-state index in [9.17, 15) is 4.79 Å². The van der Waals surface area contributed by atoms with E-state index < -0.39 is 0 Å². The minimum absolute atomic E-state index is 0.101. The van der Waals surface area contributed by atoms with Gasteiger partial charge in [0.1, 0.15) is 15.6 Å². The number of nitrogens with one attached hydrogen (secondary N) is 2. The molecule has 1 aliphatic heterocycles. The molecule has 2 fully saturated rings. The highest BCUT2D eigenvalue weighted by molar-refractivity contribution is 7.19. The van der Waals surface area contributed by atoms with Crippen LogP contribution in [-0.2, 0) is 4.74 Å². The van der Waals surface area contributed by atoms with Crippen molar-refractivity contribution in [2.75, 3.05) is 37.9 Å². The number of rotatable bonds is 6. The Labute approximate surface area is 128 Å². The zero-order valence-electron chi connectivity index (χ0n) is 12.1. The van der Waals surface area contributed by atoms with Crippen molar-refractivity contribution in [3.8, 4) is 5.75 Å². The van der Waals surface area contributed by atoms with Gasteiger partial charge in [0.2, 0.25) is 0 Å². The molecule has 1 saturated carbocycles. The van der Waals surface area contributed by atoms with E-state index in [1.54, 1.807) is 7.11 Å². The molecule has 2 heterocycles. The minimum atomic E-state index is -0.101. The fourth-order valence-electron chi connectivity index (χ4n) is 2.38. The Hall–Kier alpha value is -1.47. The Balaban J connectivity index is 1.70. The Morgan fingerprint density at radius 1 is 1.48 bits per heavy atom. The Morgan fingerprint density at radius 2 is 2.29 bits per heavy atom. The van der Waals surface area contributed by atoms with Crippen molar-refractivity contribution < 1.29 is 14.3 Å². The van der Waals surface area contributed by atoms with Crippen LogP contribution in [0.4, 0.5) is 10.7 Å². The number of hydrogen-bond acceptors (Lipinski definition) is 6. The SMILES string of the molecule is COc1c(NCC2CCOC2)sc(C(=O)NC2CC2)c1N. The van der Waals surface area contributed by atoms with Crippen molar-refractivity contribution in [1.29, 1.82) is 0 Å². The third-order valence-electron chi connectivity index (χ3n) is 3.80. The highest BCUT2D eigenvalue weighted by atomic mass is 32.1. The van der Waals surface area contributed by atoms with E-state index >= 15 is 0 Å². The summed E-state index contributed by atoms with van der Waals surface area (Å²) in [4.78, 5) is 12.7. The maximum atomic E-state index is 12.2. The number of thiophene rings is 1. The summed E-state index contributed by atoms with van der Waals surface area (Å²) in [7, 11) is 1.57. The van der Waals surface area contributed by atoms with Gasteiger partial charge in [0.15, 0.2) is 5.75 Å². The number of nitrogen functional groups attached to an aromatic ring is 1. The summed E-state index contributed by atoms with van der Waals surface area (Å²) in [5, 5.41) is 7.13. The fourth-order valence-corrected chi connectivity index (χ4v) is 3.38. The van der Waals surface area contributed by atoms with E-state index in [4.69, 9.17) is 15.2 Å². The molecule has 3 rings (SSSR count). The average Bonchev–Trinajstić information content (AvgIpc) is 3.02. The van der Waals surface area contributed by atoms with Gasteiger partial charge in [-0.15, -0.1) is 11.3 Å². The second-order valence-corrected chi connectivity index (χ2v) is 6.59. The van der Waals surface area contributed by atoms with Crippen molar-refractivity contribution in [1.82, 2.24) is 5.32 Å². The van der Waals surface area contributed by atoms with E-state index in [0.29, 0.717) is 28.3 Å². The lowest BCUT2D eigenvalue weighted by Crippen LogP contribution is -2.25. The molecule has 1 atom stereocenters. The molecule has 1 unspecified atom stereocenters. The standard InChI is InChI=1S/C14H21N3O3S/c1-19-11-10(15)12(13(18)17-9-2-3-9)21-14(11)16-6-8-4-5-20-7-8/h8-9,16H,2-7,15H2,1H3,(H,17,18). The van der Waals surface area contributed by atoms with Gasteiger partial charge >= 0.3 is 0 Å². The first-order valence-electron chi connectivity index (χ1n) is 7.27. The summed E-state index contributed by atoms with van der Waals surface area (Å²) < 4.78 is 10.7. The molecule has 1 aromatic heterocycles. The van der Waals surface area contributed by atoms with Crippen LogP contribution in [-0.4, -0.2) is 38.8 Å². The maximum absolute atomic E-state index is 12.2. The highest BCUT2D eigenvalue weighted by Crippen LogP contribution is 2.42. The Kier molecular flexibility index (Phi) is 4.21. The molecule has 0 bridgehead atoms. The smallest absolute Gasteiger partial charge is 0.263 e. The lowest BCUT2D eigenvalue weighted by Gasteiger charge is -2.10. The first kappa shape index (κ1) is 14.5. The minimum Gasteiger partial charge on any atom is -0.492 e. The Bertz CT molecular complexity index is 522. The van der Waals surface area contributed by atoms with E-state index in [-0.39, 0.29) is 5.91 Å². The van der Waals surface area contributed by atoms with Crippen molar-refractivity contribution in [3.05, 3.63) is 4.88 Å². The molecule has 1 saturated heterocycles. The number of hydrogen-bond donors (Lipinski definition) is 3. The zero-order valence-corrected chi connectivity index (χ0v) is 12.9. The normalized spacial score (nSPS) is 21.3. The van der Waals surface area contributed by atoms with Crippen LogP contribution in [0.1, 0.15) is 28.9 Å². The van der Waals surface area contributed by atoms with Crippen molar-refractivity contribution in [2.24, 2.45) is 5.92 Å². The molecule has 1 amide bonds. The summed E-state index contributed by atoms with van der Waals surface area (Å²) in [6.45, 7) is 2.41. The summed E-state index contributed by atoms with van der Waals surface area (Å²) in [5.74, 6) is 0.970. The van der Waals surface area contributed by atoms with E-state index in [0.717, 1.165) is 44.0 Å². The highest BCUT2D eigenvalue weighted by Gasteiger charge is 2.28. The molecule has 116 valence electrons. The molecule has 0 aromatic carbocycles. The van der Waals surface area contributed by atoms with Crippen molar-refractivity contribution in [3.63, 3.8) is 0 Å². The van der Waals surface area contributed by atoms with Crippen LogP contribution in [0.25, 0.3) is 0 Å². The van der Waals surface area contributed by atoms with E-state index in [1.807, 2.05) is 0 Å². The fraction of sp³-hybridized carbons (Fsp3) is 0.643. The van der Waals surface area contributed by atoms with Gasteiger partial charge in [-0.1, -0.05) is 0 Å². The molecule has 7 heteroatoms. The number of carbonyl (C=O) groups excluding carboxylic acids is 1. The van der Waals surface area contributed by atoms with Gasteiger partial charge in [0.25, 0.3) is 5.91 Å². The van der Waals surface area contributed by atoms with E-state index in [1.165, 1.54) is 11.3 Å². The molecule has 0 radical (unpaired) electrons. The summed E-state index contributed by atoms with van der Waals surface area (Å²) in [5.41, 5.74) is 6.48. The van der Waals surface area contributed by atoms with Crippen LogP contribution in [0.3, 0.4) is 0 Å². The molecule has 1 aliphatic carbocycles. The van der Waals surface area contributed by atoms with Gasteiger partial charge < -0.3 is 25.8 Å². The largest absolute Gasteiger partial charge is 0.492 e. The molecular formula is C14H21N3O3S. The monoisotopic (exact) mass is 311 g/mol. The molecule has 4 N–H and O–H groups in total. The third-order valence-corrected chi connectivity index (χ3v) is 4.94. The van der Waals surface area contributed by atoms with Crippen LogP contribution in [0.15, 0.2) is 0 Å². The topological polar surface area (TPSA) is 85.6 Å². The molecule has 21 heavy (non-hydrogen) atoms. The first-order valence-corrected chi connectivity index (χ1v) is 8.09. The number of anilines is 2. The van der Waals surface area contributed by atoms with Crippen molar-refractivity contribution >= 4 is 27.9 Å². The second-order valence-electron chi connectivity index (χ2n) is 5.57. The van der Waals surface area contributed by atoms with Crippen LogP contribution in [0.2, 0.25) is 0 Å². The molecule has 2 aliphatic rings. The predicted molar refractivity (Wildman–Crippen MR) is 83.2 cm³/mol. The Morgan fingerprint density at radius 3 is 2.90 bits per heavy atom. The van der Waals surface area contributed by atoms with Crippen LogP contribution < -0.4 is 21.1 Å². The lowest BCUT2D eigenvalue weighted by atomic mass is 10.1. The second kappa shape index (κ2) is 6.11. The van der Waals surface area contributed by atoms with Crippen LogP contribution in [0, 0.1) is 5.92 Å². The molecule has 6 nitrogen and oxygen atoms in total. The van der Waals surface area contributed by atoms with Gasteiger partial charge in [-0.25, -0.2) is 0 Å². The lowest BCUT2D eigenvalue weighted by molar-refractivity contribution is 0.0956. The number of amides is 1. The van der Waals surface area contributed by atoms with E-state index in [2.05, 4.69) is 10.6 Å². The quantitative estimate of drug-likeness (QED) is 0.744. The summed E-state index contributed by atoms with van der Waals surface area (Å²) >= 11 is 1.36.